The molecule has 0 unspecified atom stereocenters. The molecule has 2 fully saturated rings. The van der Waals surface area contributed by atoms with Gasteiger partial charge >= 0.3 is 0 Å². The standard InChI is InChI=1S/C21H33N5O/c1-2-22-21(23-12-6-9-20(27)24-19-10-11-19)26-15-13-25(14-16-26)17-18-7-4-3-5-8-18/h3-5,7-8,19H,2,6,9-17H2,1H3,(H,22,23)(H,24,27). The number of hydrogen-bond donors (Lipinski definition) is 2. The van der Waals surface area contributed by atoms with Gasteiger partial charge in [0.2, 0.25) is 5.91 Å². The van der Waals surface area contributed by atoms with Crippen LogP contribution in [0.1, 0.15) is 38.2 Å². The minimum atomic E-state index is 0.173. The normalized spacial score (nSPS) is 18.4. The molecule has 3 rings (SSSR count). The van der Waals surface area contributed by atoms with E-state index in [1.165, 1.54) is 5.56 Å². The number of aliphatic imine (C=N–C) groups is 1. The molecular weight excluding hydrogens is 338 g/mol. The average Bonchev–Trinajstić information content (AvgIpc) is 3.50. The molecule has 2 N–H and O–H groups in total. The monoisotopic (exact) mass is 371 g/mol. The first-order valence-electron chi connectivity index (χ1n) is 10.3. The lowest BCUT2D eigenvalue weighted by atomic mass is 10.2. The Morgan fingerprint density at radius 3 is 2.56 bits per heavy atom. The van der Waals surface area contributed by atoms with E-state index in [2.05, 4.69) is 57.7 Å². The third-order valence-electron chi connectivity index (χ3n) is 5.02. The van der Waals surface area contributed by atoms with Crippen molar-refractivity contribution in [3.05, 3.63) is 35.9 Å². The van der Waals surface area contributed by atoms with Crippen molar-refractivity contribution < 1.29 is 4.79 Å². The van der Waals surface area contributed by atoms with Crippen molar-refractivity contribution in [2.75, 3.05) is 39.3 Å². The topological polar surface area (TPSA) is 60.0 Å². The minimum absolute atomic E-state index is 0.173. The number of carbonyl (C=O) groups is 1. The van der Waals surface area contributed by atoms with Gasteiger partial charge in [-0.2, -0.15) is 0 Å². The lowest BCUT2D eigenvalue weighted by Crippen LogP contribution is -2.52. The summed E-state index contributed by atoms with van der Waals surface area (Å²) in [7, 11) is 0. The van der Waals surface area contributed by atoms with Gasteiger partial charge in [-0.3, -0.25) is 14.7 Å². The molecule has 148 valence electrons. The zero-order chi connectivity index (χ0) is 18.9. The molecule has 1 aliphatic carbocycles. The van der Waals surface area contributed by atoms with Gasteiger partial charge in [0.15, 0.2) is 5.96 Å². The highest BCUT2D eigenvalue weighted by atomic mass is 16.1. The number of hydrogen-bond acceptors (Lipinski definition) is 3. The van der Waals surface area contributed by atoms with Crippen LogP contribution in [0.15, 0.2) is 35.3 Å². The molecule has 1 heterocycles. The summed E-state index contributed by atoms with van der Waals surface area (Å²) in [5, 5.41) is 6.44. The summed E-state index contributed by atoms with van der Waals surface area (Å²) < 4.78 is 0. The third kappa shape index (κ3) is 6.86. The number of rotatable bonds is 8. The Balaban J connectivity index is 1.40. The molecular formula is C21H33N5O. The van der Waals surface area contributed by atoms with Crippen LogP contribution < -0.4 is 10.6 Å². The largest absolute Gasteiger partial charge is 0.357 e. The molecule has 1 aromatic carbocycles. The number of nitrogens with zero attached hydrogens (tertiary/aromatic N) is 3. The van der Waals surface area contributed by atoms with Gasteiger partial charge in [0.1, 0.15) is 0 Å². The molecule has 6 heteroatoms. The molecule has 6 nitrogen and oxygen atoms in total. The Morgan fingerprint density at radius 1 is 1.15 bits per heavy atom. The predicted octanol–water partition coefficient (Wildman–Crippen LogP) is 1.83. The highest BCUT2D eigenvalue weighted by Crippen LogP contribution is 2.18. The first kappa shape index (κ1) is 19.7. The van der Waals surface area contributed by atoms with Crippen molar-refractivity contribution >= 4 is 11.9 Å². The average molecular weight is 372 g/mol. The van der Waals surface area contributed by atoms with Crippen LogP contribution in [-0.2, 0) is 11.3 Å². The fourth-order valence-corrected chi connectivity index (χ4v) is 3.34. The Kier molecular flexibility index (Phi) is 7.51. The summed E-state index contributed by atoms with van der Waals surface area (Å²) in [6.07, 6.45) is 3.67. The number of nitrogens with one attached hydrogen (secondary N) is 2. The Hall–Kier alpha value is -2.08. The van der Waals surface area contributed by atoms with Crippen LogP contribution in [0.3, 0.4) is 0 Å². The van der Waals surface area contributed by atoms with Crippen molar-refractivity contribution in [1.29, 1.82) is 0 Å². The smallest absolute Gasteiger partial charge is 0.220 e. The molecule has 0 atom stereocenters. The van der Waals surface area contributed by atoms with Crippen molar-refractivity contribution in [2.45, 2.75) is 45.2 Å². The molecule has 1 aromatic rings. The summed E-state index contributed by atoms with van der Waals surface area (Å²) in [6, 6.07) is 11.1. The molecule has 1 saturated carbocycles. The molecule has 0 radical (unpaired) electrons. The molecule has 2 aliphatic rings. The Morgan fingerprint density at radius 2 is 1.89 bits per heavy atom. The van der Waals surface area contributed by atoms with Gasteiger partial charge in [-0.05, 0) is 31.7 Å². The van der Waals surface area contributed by atoms with Crippen LogP contribution in [0.5, 0.6) is 0 Å². The molecule has 1 aliphatic heterocycles. The van der Waals surface area contributed by atoms with Crippen LogP contribution in [0.2, 0.25) is 0 Å². The van der Waals surface area contributed by atoms with E-state index < -0.39 is 0 Å². The van der Waals surface area contributed by atoms with Crippen LogP contribution in [-0.4, -0.2) is 67.0 Å². The van der Waals surface area contributed by atoms with Crippen molar-refractivity contribution in [3.8, 4) is 0 Å². The number of benzene rings is 1. The summed E-state index contributed by atoms with van der Waals surface area (Å²) in [5.74, 6) is 1.16. The van der Waals surface area contributed by atoms with E-state index in [0.717, 1.165) is 64.5 Å². The highest BCUT2D eigenvalue weighted by molar-refractivity contribution is 5.80. The lowest BCUT2D eigenvalue weighted by Gasteiger charge is -2.36. The number of piperazine rings is 1. The Bertz CT molecular complexity index is 606. The summed E-state index contributed by atoms with van der Waals surface area (Å²) in [6.45, 7) is 8.74. The van der Waals surface area contributed by atoms with Crippen LogP contribution in [0.25, 0.3) is 0 Å². The maximum atomic E-state index is 11.8. The molecule has 0 spiro atoms. The quantitative estimate of drug-likeness (QED) is 0.416. The highest BCUT2D eigenvalue weighted by Gasteiger charge is 2.23. The molecule has 0 bridgehead atoms. The van der Waals surface area contributed by atoms with Crippen LogP contribution >= 0.6 is 0 Å². The number of carbonyl (C=O) groups excluding carboxylic acids is 1. The summed E-state index contributed by atoms with van der Waals surface area (Å²) in [4.78, 5) is 21.3. The molecule has 0 aromatic heterocycles. The first-order valence-corrected chi connectivity index (χ1v) is 10.3. The van der Waals surface area contributed by atoms with E-state index in [1.807, 2.05) is 0 Å². The van der Waals surface area contributed by atoms with Gasteiger partial charge in [-0.25, -0.2) is 0 Å². The minimum Gasteiger partial charge on any atom is -0.357 e. The van der Waals surface area contributed by atoms with Crippen molar-refractivity contribution in [3.63, 3.8) is 0 Å². The van der Waals surface area contributed by atoms with E-state index in [4.69, 9.17) is 4.99 Å². The summed E-state index contributed by atoms with van der Waals surface area (Å²) in [5.41, 5.74) is 1.37. The van der Waals surface area contributed by atoms with E-state index in [-0.39, 0.29) is 5.91 Å². The van der Waals surface area contributed by atoms with E-state index in [9.17, 15) is 4.79 Å². The van der Waals surface area contributed by atoms with E-state index >= 15 is 0 Å². The predicted molar refractivity (Wildman–Crippen MR) is 110 cm³/mol. The fourth-order valence-electron chi connectivity index (χ4n) is 3.34. The molecule has 1 saturated heterocycles. The van der Waals surface area contributed by atoms with Crippen molar-refractivity contribution in [1.82, 2.24) is 20.4 Å². The van der Waals surface area contributed by atoms with Crippen molar-refractivity contribution in [2.24, 2.45) is 4.99 Å². The number of amides is 1. The molecule has 27 heavy (non-hydrogen) atoms. The Labute approximate surface area is 163 Å². The van der Waals surface area contributed by atoms with Gasteiger partial charge in [0.05, 0.1) is 0 Å². The van der Waals surface area contributed by atoms with Gasteiger partial charge in [0, 0.05) is 58.3 Å². The molecule has 1 amide bonds. The maximum absolute atomic E-state index is 11.8. The SMILES string of the molecule is CCNC(=NCCCC(=O)NC1CC1)N1CCN(Cc2ccccc2)CC1. The number of guanidine groups is 1. The first-order chi connectivity index (χ1) is 13.2. The zero-order valence-corrected chi connectivity index (χ0v) is 16.5. The van der Waals surface area contributed by atoms with Crippen LogP contribution in [0.4, 0.5) is 0 Å². The van der Waals surface area contributed by atoms with Gasteiger partial charge in [0.25, 0.3) is 0 Å². The van der Waals surface area contributed by atoms with Crippen LogP contribution in [0, 0.1) is 0 Å². The third-order valence-corrected chi connectivity index (χ3v) is 5.02. The second-order valence-corrected chi connectivity index (χ2v) is 7.43. The van der Waals surface area contributed by atoms with E-state index in [1.54, 1.807) is 0 Å². The zero-order valence-electron chi connectivity index (χ0n) is 16.5. The maximum Gasteiger partial charge on any atom is 0.220 e. The summed E-state index contributed by atoms with van der Waals surface area (Å²) >= 11 is 0. The van der Waals surface area contributed by atoms with Gasteiger partial charge in [-0.15, -0.1) is 0 Å². The lowest BCUT2D eigenvalue weighted by molar-refractivity contribution is -0.121. The second kappa shape index (κ2) is 10.3. The van der Waals surface area contributed by atoms with Gasteiger partial charge < -0.3 is 15.5 Å². The van der Waals surface area contributed by atoms with E-state index in [0.29, 0.717) is 19.0 Å². The van der Waals surface area contributed by atoms with Gasteiger partial charge in [-0.1, -0.05) is 30.3 Å². The fraction of sp³-hybridized carbons (Fsp3) is 0.619. The second-order valence-electron chi connectivity index (χ2n) is 7.43.